The van der Waals surface area contributed by atoms with E-state index in [1.54, 1.807) is 0 Å². The van der Waals surface area contributed by atoms with Crippen LogP contribution in [0.15, 0.2) is 77.0 Å². The summed E-state index contributed by atoms with van der Waals surface area (Å²) in [6, 6.07) is 18.7. The quantitative estimate of drug-likeness (QED) is 0.383. The number of hydrogen-bond acceptors (Lipinski definition) is 3. The number of para-hydroxylation sites is 2. The maximum Gasteiger partial charge on any atom is 0.166 e. The number of aliphatic hydroxyl groups is 1. The van der Waals surface area contributed by atoms with Gasteiger partial charge in [0.05, 0.1) is 11.3 Å². The van der Waals surface area contributed by atoms with Gasteiger partial charge >= 0.3 is 0 Å². The van der Waals surface area contributed by atoms with Crippen LogP contribution in [0.5, 0.6) is 0 Å². The van der Waals surface area contributed by atoms with Crippen molar-refractivity contribution in [1.29, 1.82) is 0 Å². The van der Waals surface area contributed by atoms with Crippen LogP contribution in [-0.4, -0.2) is 16.7 Å². The van der Waals surface area contributed by atoms with E-state index in [-0.39, 0.29) is 17.1 Å². The number of nitrogens with zero attached hydrogens (tertiary/aromatic N) is 1. The molecule has 0 atom stereocenters. The molecule has 0 spiro atoms. The number of amidine groups is 1. The van der Waals surface area contributed by atoms with Gasteiger partial charge in [-0.1, -0.05) is 36.4 Å². The summed E-state index contributed by atoms with van der Waals surface area (Å²) < 4.78 is 0. The van der Waals surface area contributed by atoms with Crippen LogP contribution in [0.2, 0.25) is 0 Å². The van der Waals surface area contributed by atoms with Crippen molar-refractivity contribution >= 4 is 23.0 Å². The number of aliphatic hydroxyl groups excluding tert-OH is 1. The number of Topliss-reactive ketones (excluding diaryl/α,β-unsaturated/α-hetero) is 1. The van der Waals surface area contributed by atoms with Gasteiger partial charge in [-0.2, -0.15) is 0 Å². The van der Waals surface area contributed by atoms with Gasteiger partial charge in [-0.3, -0.25) is 4.79 Å². The molecule has 0 saturated heterocycles. The molecule has 0 bridgehead atoms. The molecule has 0 fully saturated rings. The number of hydrogen-bond donors (Lipinski definition) is 2. The minimum atomic E-state index is -0.252. The fraction of sp³-hybridized carbons (Fsp3) is 0.111. The van der Waals surface area contributed by atoms with Crippen LogP contribution in [0.1, 0.15) is 13.8 Å². The molecule has 0 radical (unpaired) electrons. The van der Waals surface area contributed by atoms with Gasteiger partial charge in [0.15, 0.2) is 5.78 Å². The Hall–Kier alpha value is -2.88. The first-order valence-corrected chi connectivity index (χ1v) is 6.95. The van der Waals surface area contributed by atoms with Crippen LogP contribution < -0.4 is 5.32 Å². The van der Waals surface area contributed by atoms with E-state index in [2.05, 4.69) is 10.3 Å². The highest BCUT2D eigenvalue weighted by molar-refractivity contribution is 6.26. The van der Waals surface area contributed by atoms with Crippen LogP contribution >= 0.6 is 0 Å². The molecular formula is C18H18N2O2. The molecule has 0 aromatic heterocycles. The summed E-state index contributed by atoms with van der Waals surface area (Å²) in [5.41, 5.74) is 1.66. The summed E-state index contributed by atoms with van der Waals surface area (Å²) in [5, 5.41) is 12.9. The lowest BCUT2D eigenvalue weighted by Crippen LogP contribution is -2.21. The third-order valence-electron chi connectivity index (χ3n) is 2.98. The Morgan fingerprint density at radius 3 is 2.00 bits per heavy atom. The minimum Gasteiger partial charge on any atom is -0.512 e. The third-order valence-corrected chi connectivity index (χ3v) is 2.98. The van der Waals surface area contributed by atoms with Crippen molar-refractivity contribution in [3.8, 4) is 0 Å². The van der Waals surface area contributed by atoms with Gasteiger partial charge in [0.1, 0.15) is 11.6 Å². The highest BCUT2D eigenvalue weighted by Gasteiger charge is 2.16. The van der Waals surface area contributed by atoms with E-state index in [9.17, 15) is 9.90 Å². The second kappa shape index (κ2) is 7.22. The van der Waals surface area contributed by atoms with Crippen molar-refractivity contribution in [3.05, 3.63) is 72.0 Å². The van der Waals surface area contributed by atoms with Crippen LogP contribution in [0.3, 0.4) is 0 Å². The molecule has 22 heavy (non-hydrogen) atoms. The molecule has 0 aliphatic carbocycles. The topological polar surface area (TPSA) is 61.7 Å². The van der Waals surface area contributed by atoms with Crippen LogP contribution in [0.4, 0.5) is 11.4 Å². The van der Waals surface area contributed by atoms with Gasteiger partial charge in [0.25, 0.3) is 0 Å². The number of benzene rings is 2. The number of aliphatic imine (C=N–C) groups is 1. The summed E-state index contributed by atoms with van der Waals surface area (Å²) in [7, 11) is 0. The second-order valence-electron chi connectivity index (χ2n) is 4.80. The summed E-state index contributed by atoms with van der Waals surface area (Å²) >= 11 is 0. The molecular weight excluding hydrogens is 276 g/mol. The Labute approximate surface area is 129 Å². The van der Waals surface area contributed by atoms with Crippen molar-refractivity contribution in [2.24, 2.45) is 4.99 Å². The first-order chi connectivity index (χ1) is 10.6. The number of ketones is 1. The molecule has 0 heterocycles. The van der Waals surface area contributed by atoms with Crippen molar-refractivity contribution < 1.29 is 9.90 Å². The highest BCUT2D eigenvalue weighted by atomic mass is 16.3. The molecule has 0 aliphatic heterocycles. The zero-order valence-corrected chi connectivity index (χ0v) is 12.6. The number of carbonyl (C=O) groups is 1. The van der Waals surface area contributed by atoms with Crippen molar-refractivity contribution in [2.45, 2.75) is 13.8 Å². The second-order valence-corrected chi connectivity index (χ2v) is 4.80. The van der Waals surface area contributed by atoms with E-state index in [1.165, 1.54) is 13.8 Å². The molecule has 0 aliphatic rings. The molecule has 2 aromatic carbocycles. The van der Waals surface area contributed by atoms with E-state index >= 15 is 0 Å². The first-order valence-electron chi connectivity index (χ1n) is 6.95. The highest BCUT2D eigenvalue weighted by Crippen LogP contribution is 2.17. The average Bonchev–Trinajstić information content (AvgIpc) is 2.48. The van der Waals surface area contributed by atoms with E-state index < -0.39 is 0 Å². The minimum absolute atomic E-state index is 0.0642. The summed E-state index contributed by atoms with van der Waals surface area (Å²) in [5.74, 6) is 0.00799. The zero-order valence-electron chi connectivity index (χ0n) is 12.6. The predicted octanol–water partition coefficient (Wildman–Crippen LogP) is 4.25. The first kappa shape index (κ1) is 15.5. The van der Waals surface area contributed by atoms with Crippen LogP contribution in [0, 0.1) is 0 Å². The Kier molecular flexibility index (Phi) is 5.09. The maximum absolute atomic E-state index is 11.9. The molecule has 4 heteroatoms. The molecule has 4 nitrogen and oxygen atoms in total. The van der Waals surface area contributed by atoms with Gasteiger partial charge in [0, 0.05) is 5.69 Å². The smallest absolute Gasteiger partial charge is 0.166 e. The van der Waals surface area contributed by atoms with E-state index in [1.807, 2.05) is 60.7 Å². The molecule has 0 amide bonds. The Morgan fingerprint density at radius 2 is 1.50 bits per heavy atom. The van der Waals surface area contributed by atoms with E-state index in [0.717, 1.165) is 5.69 Å². The fourth-order valence-electron chi connectivity index (χ4n) is 2.03. The molecule has 0 unspecified atom stereocenters. The molecule has 2 aromatic rings. The van der Waals surface area contributed by atoms with Crippen molar-refractivity contribution in [2.75, 3.05) is 5.32 Å². The lowest BCUT2D eigenvalue weighted by atomic mass is 10.1. The van der Waals surface area contributed by atoms with Gasteiger partial charge < -0.3 is 10.4 Å². The summed E-state index contributed by atoms with van der Waals surface area (Å²) in [6.45, 7) is 2.88. The monoisotopic (exact) mass is 294 g/mol. The lowest BCUT2D eigenvalue weighted by Gasteiger charge is -2.12. The summed E-state index contributed by atoms with van der Waals surface area (Å²) in [6.07, 6.45) is 0. The third kappa shape index (κ3) is 4.06. The molecule has 2 rings (SSSR count). The number of nitrogens with one attached hydrogen (secondary N) is 1. The normalized spacial score (nSPS) is 12.5. The van der Waals surface area contributed by atoms with Gasteiger partial charge in [-0.25, -0.2) is 4.99 Å². The van der Waals surface area contributed by atoms with Crippen LogP contribution in [0.25, 0.3) is 0 Å². The summed E-state index contributed by atoms with van der Waals surface area (Å²) in [4.78, 5) is 16.3. The van der Waals surface area contributed by atoms with E-state index in [0.29, 0.717) is 11.5 Å². The Balaban J connectivity index is 2.47. The largest absolute Gasteiger partial charge is 0.512 e. The Morgan fingerprint density at radius 1 is 0.955 bits per heavy atom. The Bertz CT molecular complexity index is 700. The number of carbonyl (C=O) groups excluding carboxylic acids is 1. The number of anilines is 1. The van der Waals surface area contributed by atoms with E-state index in [4.69, 9.17) is 0 Å². The SMILES string of the molecule is CC(=O)C(C(=Nc1ccccc1)Nc1ccccc1)=C(C)O. The maximum atomic E-state index is 11.9. The fourth-order valence-corrected chi connectivity index (χ4v) is 2.03. The van der Waals surface area contributed by atoms with Crippen molar-refractivity contribution in [3.63, 3.8) is 0 Å². The van der Waals surface area contributed by atoms with Gasteiger partial charge in [0.2, 0.25) is 0 Å². The number of rotatable bonds is 4. The predicted molar refractivity (Wildman–Crippen MR) is 89.6 cm³/mol. The molecule has 112 valence electrons. The zero-order chi connectivity index (χ0) is 15.9. The standard InChI is InChI=1S/C18H18N2O2/c1-13(21)17(14(2)22)18(19-15-9-5-3-6-10-15)20-16-11-7-4-8-12-16/h3-12,21H,1-2H3,(H,19,20). The average molecular weight is 294 g/mol. The lowest BCUT2D eigenvalue weighted by molar-refractivity contribution is -0.113. The molecule has 0 saturated carbocycles. The van der Waals surface area contributed by atoms with Gasteiger partial charge in [-0.05, 0) is 38.1 Å². The molecule has 2 N–H and O–H groups in total. The number of allylic oxidation sites excluding steroid dienone is 1. The van der Waals surface area contributed by atoms with Gasteiger partial charge in [-0.15, -0.1) is 0 Å². The van der Waals surface area contributed by atoms with Crippen LogP contribution in [-0.2, 0) is 4.79 Å². The van der Waals surface area contributed by atoms with Crippen molar-refractivity contribution in [1.82, 2.24) is 0 Å².